The van der Waals surface area contributed by atoms with Crippen LogP contribution in [-0.4, -0.2) is 30.8 Å². The van der Waals surface area contributed by atoms with E-state index in [1.807, 2.05) is 6.92 Å². The van der Waals surface area contributed by atoms with E-state index in [0.29, 0.717) is 52.3 Å². The van der Waals surface area contributed by atoms with Gasteiger partial charge in [0.1, 0.15) is 29.6 Å². The van der Waals surface area contributed by atoms with Crippen LogP contribution in [0.2, 0.25) is 5.02 Å². The smallest absolute Gasteiger partial charge is 0.335 e. The molecular formula is C24H25ClFNO5. The summed E-state index contributed by atoms with van der Waals surface area (Å²) in [5, 5.41) is 0.454. The zero-order valence-electron chi connectivity index (χ0n) is 18.4. The summed E-state index contributed by atoms with van der Waals surface area (Å²) in [7, 11) is 1.32. The van der Waals surface area contributed by atoms with Gasteiger partial charge in [0.05, 0.1) is 7.11 Å². The number of rotatable bonds is 9. The number of aryl methyl sites for hydroxylation is 2. The maximum atomic E-state index is 13.5. The Labute approximate surface area is 191 Å². The van der Waals surface area contributed by atoms with Crippen LogP contribution in [0.25, 0.3) is 11.5 Å². The second-order valence-corrected chi connectivity index (χ2v) is 7.61. The molecule has 6 nitrogen and oxygen atoms in total. The second-order valence-electron chi connectivity index (χ2n) is 7.20. The van der Waals surface area contributed by atoms with Crippen LogP contribution in [0.5, 0.6) is 5.75 Å². The van der Waals surface area contributed by atoms with Gasteiger partial charge in [0.2, 0.25) is 5.89 Å². The van der Waals surface area contributed by atoms with Crippen molar-refractivity contribution in [2.75, 3.05) is 13.7 Å². The predicted molar refractivity (Wildman–Crippen MR) is 118 cm³/mol. The Morgan fingerprint density at radius 3 is 2.66 bits per heavy atom. The number of methoxy groups -OCH3 is 1. The van der Waals surface area contributed by atoms with Crippen molar-refractivity contribution in [2.45, 2.75) is 39.9 Å². The van der Waals surface area contributed by atoms with Crippen LogP contribution in [0, 0.1) is 19.7 Å². The molecule has 32 heavy (non-hydrogen) atoms. The van der Waals surface area contributed by atoms with Gasteiger partial charge in [0.25, 0.3) is 0 Å². The second kappa shape index (κ2) is 10.6. The molecule has 8 heteroatoms. The van der Waals surface area contributed by atoms with Crippen molar-refractivity contribution in [3.63, 3.8) is 0 Å². The number of benzene rings is 2. The lowest BCUT2D eigenvalue weighted by Crippen LogP contribution is -2.28. The van der Waals surface area contributed by atoms with Crippen LogP contribution >= 0.6 is 11.6 Å². The molecule has 1 atom stereocenters. The summed E-state index contributed by atoms with van der Waals surface area (Å²) in [6.07, 6.45) is -0.428. The van der Waals surface area contributed by atoms with Gasteiger partial charge in [-0.2, -0.15) is 0 Å². The third-order valence-corrected chi connectivity index (χ3v) is 5.29. The van der Waals surface area contributed by atoms with Gasteiger partial charge in [-0.1, -0.05) is 17.7 Å². The summed E-state index contributed by atoms with van der Waals surface area (Å²) in [4.78, 5) is 16.3. The largest absolute Gasteiger partial charge is 0.487 e. The number of hydrogen-bond acceptors (Lipinski definition) is 6. The lowest BCUT2D eigenvalue weighted by molar-refractivity contribution is -0.153. The van der Waals surface area contributed by atoms with Crippen LogP contribution in [0.4, 0.5) is 4.39 Å². The number of ether oxygens (including phenoxy) is 3. The molecule has 0 unspecified atom stereocenters. The normalized spacial score (nSPS) is 11.9. The molecular weight excluding hydrogens is 437 g/mol. The highest BCUT2D eigenvalue weighted by Gasteiger charge is 2.21. The Balaban J connectivity index is 1.68. The van der Waals surface area contributed by atoms with Gasteiger partial charge < -0.3 is 18.6 Å². The highest BCUT2D eigenvalue weighted by atomic mass is 35.5. The molecule has 3 rings (SSSR count). The summed E-state index contributed by atoms with van der Waals surface area (Å²) in [6.45, 7) is 5.85. The quantitative estimate of drug-likeness (QED) is 0.394. The van der Waals surface area contributed by atoms with Gasteiger partial charge in [0.15, 0.2) is 6.10 Å². The maximum absolute atomic E-state index is 13.5. The fourth-order valence-corrected chi connectivity index (χ4v) is 3.39. The molecule has 0 radical (unpaired) electrons. The Kier molecular flexibility index (Phi) is 7.88. The van der Waals surface area contributed by atoms with Gasteiger partial charge in [-0.25, -0.2) is 14.2 Å². The fourth-order valence-electron chi connectivity index (χ4n) is 3.14. The molecule has 170 valence electrons. The first-order valence-electron chi connectivity index (χ1n) is 10.2. The summed E-state index contributed by atoms with van der Waals surface area (Å²) >= 11 is 6.39. The first kappa shape index (κ1) is 23.8. The summed E-state index contributed by atoms with van der Waals surface area (Å²) < 4.78 is 35.3. The molecule has 0 bridgehead atoms. The van der Waals surface area contributed by atoms with Crippen molar-refractivity contribution in [3.8, 4) is 17.2 Å². The van der Waals surface area contributed by atoms with E-state index in [1.54, 1.807) is 44.2 Å². The van der Waals surface area contributed by atoms with Gasteiger partial charge in [-0.3, -0.25) is 0 Å². The Hall–Kier alpha value is -2.90. The molecule has 0 amide bonds. The van der Waals surface area contributed by atoms with E-state index in [9.17, 15) is 9.18 Å². The first-order chi connectivity index (χ1) is 15.3. The first-order valence-corrected chi connectivity index (χ1v) is 10.5. The molecule has 0 N–H and O–H groups in total. The summed E-state index contributed by atoms with van der Waals surface area (Å²) in [6, 6.07) is 9.93. The standard InChI is InChI=1S/C24H25ClFNO5/c1-5-30-22(24(28)29-4)11-16-6-8-18(12-19(16)25)31-13-21-15(3)32-23(27-21)17-7-9-20(26)14(2)10-17/h6-10,12,22H,5,11,13H2,1-4H3/t22-/m0/s1. The third kappa shape index (κ3) is 5.66. The minimum absolute atomic E-state index is 0.176. The monoisotopic (exact) mass is 461 g/mol. The van der Waals surface area contributed by atoms with Crippen molar-refractivity contribution in [3.05, 3.63) is 69.8 Å². The van der Waals surface area contributed by atoms with E-state index in [1.165, 1.54) is 13.2 Å². The van der Waals surface area contributed by atoms with E-state index in [2.05, 4.69) is 4.98 Å². The Morgan fingerprint density at radius 1 is 1.22 bits per heavy atom. The predicted octanol–water partition coefficient (Wildman–Crippen LogP) is 5.45. The number of halogens is 2. The van der Waals surface area contributed by atoms with Crippen LogP contribution in [0.1, 0.15) is 29.5 Å². The number of aromatic nitrogens is 1. The SMILES string of the molecule is CCO[C@@H](Cc1ccc(OCc2nc(-c3ccc(F)c(C)c3)oc2C)cc1Cl)C(=O)OC. The molecule has 0 aliphatic heterocycles. The van der Waals surface area contributed by atoms with Crippen molar-refractivity contribution in [2.24, 2.45) is 0 Å². The fraction of sp³-hybridized carbons (Fsp3) is 0.333. The van der Waals surface area contributed by atoms with E-state index in [-0.39, 0.29) is 12.4 Å². The molecule has 0 saturated carbocycles. The van der Waals surface area contributed by atoms with E-state index in [0.717, 1.165) is 5.56 Å². The number of hydrogen-bond donors (Lipinski definition) is 0. The van der Waals surface area contributed by atoms with E-state index < -0.39 is 12.1 Å². The minimum atomic E-state index is -0.722. The number of nitrogens with zero attached hydrogens (tertiary/aromatic N) is 1. The van der Waals surface area contributed by atoms with Gasteiger partial charge in [-0.15, -0.1) is 0 Å². The lowest BCUT2D eigenvalue weighted by atomic mass is 10.1. The lowest BCUT2D eigenvalue weighted by Gasteiger charge is -2.16. The number of carbonyl (C=O) groups is 1. The summed E-state index contributed by atoms with van der Waals surface area (Å²) in [5.74, 6) is 0.841. The molecule has 0 aliphatic rings. The van der Waals surface area contributed by atoms with Crippen molar-refractivity contribution < 1.29 is 27.8 Å². The maximum Gasteiger partial charge on any atom is 0.335 e. The van der Waals surface area contributed by atoms with Crippen molar-refractivity contribution in [1.82, 2.24) is 4.98 Å². The molecule has 0 aliphatic carbocycles. The van der Waals surface area contributed by atoms with E-state index >= 15 is 0 Å². The molecule has 0 spiro atoms. The van der Waals surface area contributed by atoms with E-state index in [4.69, 9.17) is 30.2 Å². The molecule has 2 aromatic carbocycles. The van der Waals surface area contributed by atoms with Crippen LogP contribution < -0.4 is 4.74 Å². The molecule has 3 aromatic rings. The molecule has 1 aromatic heterocycles. The zero-order valence-corrected chi connectivity index (χ0v) is 19.2. The highest BCUT2D eigenvalue weighted by molar-refractivity contribution is 6.31. The molecule has 1 heterocycles. The van der Waals surface area contributed by atoms with Crippen LogP contribution in [-0.2, 0) is 27.3 Å². The zero-order chi connectivity index (χ0) is 23.3. The van der Waals surface area contributed by atoms with Crippen LogP contribution in [0.3, 0.4) is 0 Å². The molecule has 0 fully saturated rings. The van der Waals surface area contributed by atoms with Gasteiger partial charge >= 0.3 is 5.97 Å². The topological polar surface area (TPSA) is 70.8 Å². The van der Waals surface area contributed by atoms with Crippen LogP contribution in [0.15, 0.2) is 40.8 Å². The van der Waals surface area contributed by atoms with Gasteiger partial charge in [-0.05, 0) is 62.2 Å². The minimum Gasteiger partial charge on any atom is -0.487 e. The third-order valence-electron chi connectivity index (χ3n) is 4.93. The number of esters is 1. The Bertz CT molecular complexity index is 1100. The van der Waals surface area contributed by atoms with Gasteiger partial charge in [0, 0.05) is 23.6 Å². The Morgan fingerprint density at radius 2 is 2.00 bits per heavy atom. The highest BCUT2D eigenvalue weighted by Crippen LogP contribution is 2.27. The average Bonchev–Trinajstić information content (AvgIpc) is 3.15. The number of oxazole rings is 1. The van der Waals surface area contributed by atoms with Crippen molar-refractivity contribution >= 4 is 17.6 Å². The molecule has 0 saturated heterocycles. The summed E-state index contributed by atoms with van der Waals surface area (Å²) in [5.41, 5.74) is 2.59. The number of carbonyl (C=O) groups excluding carboxylic acids is 1. The average molecular weight is 462 g/mol. The van der Waals surface area contributed by atoms with Crippen molar-refractivity contribution in [1.29, 1.82) is 0 Å².